The van der Waals surface area contributed by atoms with E-state index in [2.05, 4.69) is 10.6 Å². The van der Waals surface area contributed by atoms with Gasteiger partial charge in [0, 0.05) is 11.1 Å². The number of carbonyl (C=O) groups is 2. The number of rotatable bonds is 4. The fourth-order valence-corrected chi connectivity index (χ4v) is 2.97. The van der Waals surface area contributed by atoms with Crippen molar-refractivity contribution < 1.29 is 9.59 Å². The van der Waals surface area contributed by atoms with Crippen LogP contribution in [0, 0.1) is 0 Å². The summed E-state index contributed by atoms with van der Waals surface area (Å²) in [6.45, 7) is 0. The molecule has 1 aliphatic carbocycles. The van der Waals surface area contributed by atoms with E-state index in [0.29, 0.717) is 15.7 Å². The molecular weight excluding hydrogens is 323 g/mol. The molecule has 120 valence electrons. The van der Waals surface area contributed by atoms with Crippen LogP contribution in [-0.4, -0.2) is 17.9 Å². The molecule has 0 unspecified atom stereocenters. The second-order valence-electron chi connectivity index (χ2n) is 5.61. The molecule has 22 heavy (non-hydrogen) atoms. The molecule has 0 atom stereocenters. The van der Waals surface area contributed by atoms with Crippen LogP contribution in [0.3, 0.4) is 0 Å². The molecule has 1 aromatic rings. The van der Waals surface area contributed by atoms with Crippen LogP contribution in [0.5, 0.6) is 0 Å². The number of benzene rings is 1. The first kappa shape index (κ1) is 17.1. The molecule has 1 saturated carbocycles. The van der Waals surface area contributed by atoms with Crippen LogP contribution in [0.1, 0.15) is 44.9 Å². The smallest absolute Gasteiger partial charge is 0.233 e. The molecule has 6 heteroatoms. The minimum atomic E-state index is -0.393. The third-order valence-corrected chi connectivity index (χ3v) is 4.31. The lowest BCUT2D eigenvalue weighted by Gasteiger charge is -2.16. The van der Waals surface area contributed by atoms with Crippen LogP contribution in [-0.2, 0) is 9.59 Å². The zero-order chi connectivity index (χ0) is 15.9. The summed E-state index contributed by atoms with van der Waals surface area (Å²) in [7, 11) is 0. The lowest BCUT2D eigenvalue weighted by atomic mass is 10.1. The molecule has 4 nitrogen and oxygen atoms in total. The Balaban J connectivity index is 1.83. The highest BCUT2D eigenvalue weighted by Gasteiger charge is 2.17. The van der Waals surface area contributed by atoms with Gasteiger partial charge in [0.25, 0.3) is 0 Å². The fourth-order valence-electron chi connectivity index (χ4n) is 2.64. The Labute approximate surface area is 140 Å². The first-order valence-corrected chi connectivity index (χ1v) is 8.34. The van der Waals surface area contributed by atoms with Crippen molar-refractivity contribution in [3.63, 3.8) is 0 Å². The van der Waals surface area contributed by atoms with Crippen molar-refractivity contribution in [1.29, 1.82) is 0 Å². The number of hydrogen-bond acceptors (Lipinski definition) is 2. The van der Waals surface area contributed by atoms with E-state index in [-0.39, 0.29) is 18.4 Å². The highest BCUT2D eigenvalue weighted by atomic mass is 35.5. The third-order valence-electron chi connectivity index (χ3n) is 3.74. The Hall–Kier alpha value is -1.26. The van der Waals surface area contributed by atoms with Crippen molar-refractivity contribution >= 4 is 40.7 Å². The van der Waals surface area contributed by atoms with E-state index < -0.39 is 5.91 Å². The SMILES string of the molecule is O=C(CC(=O)NC1CCCCCC1)Nc1cc(Cl)ccc1Cl. The topological polar surface area (TPSA) is 58.2 Å². The molecule has 0 heterocycles. The number of carbonyl (C=O) groups excluding carboxylic acids is 2. The van der Waals surface area contributed by atoms with E-state index in [9.17, 15) is 9.59 Å². The second-order valence-corrected chi connectivity index (χ2v) is 6.45. The van der Waals surface area contributed by atoms with E-state index in [1.807, 2.05) is 0 Å². The van der Waals surface area contributed by atoms with E-state index in [0.717, 1.165) is 25.7 Å². The molecule has 0 saturated heterocycles. The summed E-state index contributed by atoms with van der Waals surface area (Å²) < 4.78 is 0. The van der Waals surface area contributed by atoms with E-state index in [4.69, 9.17) is 23.2 Å². The molecule has 0 aromatic heterocycles. The molecule has 0 spiro atoms. The molecule has 0 aliphatic heterocycles. The quantitative estimate of drug-likeness (QED) is 0.637. The van der Waals surface area contributed by atoms with Gasteiger partial charge in [0.1, 0.15) is 6.42 Å². The largest absolute Gasteiger partial charge is 0.353 e. The van der Waals surface area contributed by atoms with E-state index in [1.54, 1.807) is 18.2 Å². The van der Waals surface area contributed by atoms with Crippen LogP contribution < -0.4 is 10.6 Å². The molecular formula is C16H20Cl2N2O2. The van der Waals surface area contributed by atoms with Gasteiger partial charge in [-0.25, -0.2) is 0 Å². The highest BCUT2D eigenvalue weighted by molar-refractivity contribution is 6.35. The average molecular weight is 343 g/mol. The first-order valence-electron chi connectivity index (χ1n) is 7.59. The summed E-state index contributed by atoms with van der Waals surface area (Å²) in [6.07, 6.45) is 6.49. The maximum Gasteiger partial charge on any atom is 0.233 e. The van der Waals surface area contributed by atoms with Gasteiger partial charge in [0.2, 0.25) is 11.8 Å². The molecule has 2 N–H and O–H groups in total. The number of halogens is 2. The lowest BCUT2D eigenvalue weighted by molar-refractivity contribution is -0.127. The van der Waals surface area contributed by atoms with Crippen LogP contribution in [0.4, 0.5) is 5.69 Å². The van der Waals surface area contributed by atoms with Crippen molar-refractivity contribution in [3.05, 3.63) is 28.2 Å². The number of amides is 2. The van der Waals surface area contributed by atoms with Crippen LogP contribution in [0.15, 0.2) is 18.2 Å². The molecule has 1 aromatic carbocycles. The van der Waals surface area contributed by atoms with Gasteiger partial charge in [-0.1, -0.05) is 48.9 Å². The zero-order valence-corrected chi connectivity index (χ0v) is 13.8. The minimum Gasteiger partial charge on any atom is -0.353 e. The van der Waals surface area contributed by atoms with Crippen molar-refractivity contribution in [3.8, 4) is 0 Å². The maximum atomic E-state index is 11.9. The van der Waals surface area contributed by atoms with Crippen LogP contribution >= 0.6 is 23.2 Å². The second kappa shape index (κ2) is 8.39. The Bertz CT molecular complexity index is 541. The standard InChI is InChI=1S/C16H20Cl2N2O2/c17-11-7-8-13(18)14(9-11)20-16(22)10-15(21)19-12-5-3-1-2-4-6-12/h7-9,12H,1-6,10H2,(H,19,21)(H,20,22). The fraction of sp³-hybridized carbons (Fsp3) is 0.500. The summed E-state index contributed by atoms with van der Waals surface area (Å²) in [5.74, 6) is -0.641. The summed E-state index contributed by atoms with van der Waals surface area (Å²) in [6, 6.07) is 4.99. The summed E-state index contributed by atoms with van der Waals surface area (Å²) in [5, 5.41) is 6.42. The maximum absolute atomic E-state index is 11.9. The van der Waals surface area contributed by atoms with Gasteiger partial charge in [-0.2, -0.15) is 0 Å². The monoisotopic (exact) mass is 342 g/mol. The van der Waals surface area contributed by atoms with Gasteiger partial charge in [0.15, 0.2) is 0 Å². The van der Waals surface area contributed by atoms with Crippen molar-refractivity contribution in [2.24, 2.45) is 0 Å². The third kappa shape index (κ3) is 5.50. The lowest BCUT2D eigenvalue weighted by Crippen LogP contribution is -2.36. The molecule has 0 radical (unpaired) electrons. The summed E-state index contributed by atoms with van der Waals surface area (Å²) in [5.41, 5.74) is 0.418. The van der Waals surface area contributed by atoms with Crippen molar-refractivity contribution in [1.82, 2.24) is 5.32 Å². The highest BCUT2D eigenvalue weighted by Crippen LogP contribution is 2.25. The molecule has 1 aliphatic rings. The normalized spacial score (nSPS) is 15.9. The number of anilines is 1. The van der Waals surface area contributed by atoms with Gasteiger partial charge >= 0.3 is 0 Å². The van der Waals surface area contributed by atoms with Gasteiger partial charge in [-0.05, 0) is 31.0 Å². The summed E-state index contributed by atoms with van der Waals surface area (Å²) >= 11 is 11.8. The van der Waals surface area contributed by atoms with E-state index >= 15 is 0 Å². The minimum absolute atomic E-state index is 0.192. The Morgan fingerprint density at radius 3 is 2.41 bits per heavy atom. The number of hydrogen-bond donors (Lipinski definition) is 2. The average Bonchev–Trinajstić information content (AvgIpc) is 2.71. The number of nitrogens with one attached hydrogen (secondary N) is 2. The predicted octanol–water partition coefficient (Wildman–Crippen LogP) is 4.16. The van der Waals surface area contributed by atoms with Crippen LogP contribution in [0.2, 0.25) is 10.0 Å². The Morgan fingerprint density at radius 2 is 1.73 bits per heavy atom. The Morgan fingerprint density at radius 1 is 1.05 bits per heavy atom. The van der Waals surface area contributed by atoms with Crippen molar-refractivity contribution in [2.75, 3.05) is 5.32 Å². The van der Waals surface area contributed by atoms with Gasteiger partial charge in [-0.3, -0.25) is 9.59 Å². The zero-order valence-electron chi connectivity index (χ0n) is 12.3. The Kier molecular flexibility index (Phi) is 6.52. The van der Waals surface area contributed by atoms with Gasteiger partial charge in [0.05, 0.1) is 10.7 Å². The predicted molar refractivity (Wildman–Crippen MR) is 89.3 cm³/mol. The molecule has 1 fully saturated rings. The molecule has 0 bridgehead atoms. The van der Waals surface area contributed by atoms with Crippen LogP contribution in [0.25, 0.3) is 0 Å². The first-order chi connectivity index (χ1) is 10.5. The van der Waals surface area contributed by atoms with Gasteiger partial charge < -0.3 is 10.6 Å². The van der Waals surface area contributed by atoms with Gasteiger partial charge in [-0.15, -0.1) is 0 Å². The molecule has 2 amide bonds. The molecule has 2 rings (SSSR count). The van der Waals surface area contributed by atoms with E-state index in [1.165, 1.54) is 12.8 Å². The van der Waals surface area contributed by atoms with Crippen molar-refractivity contribution in [2.45, 2.75) is 51.0 Å². The summed E-state index contributed by atoms with van der Waals surface area (Å²) in [4.78, 5) is 23.9.